The lowest BCUT2D eigenvalue weighted by atomic mass is 10.1. The van der Waals surface area contributed by atoms with Gasteiger partial charge in [-0.05, 0) is 42.5 Å². The van der Waals surface area contributed by atoms with Crippen LogP contribution in [0.3, 0.4) is 0 Å². The summed E-state index contributed by atoms with van der Waals surface area (Å²) in [7, 11) is 1.55. The van der Waals surface area contributed by atoms with Gasteiger partial charge in [0.25, 0.3) is 0 Å². The van der Waals surface area contributed by atoms with Crippen molar-refractivity contribution >= 4 is 22.7 Å². The first-order valence-electron chi connectivity index (χ1n) is 8.95. The fraction of sp³-hybridized carbons (Fsp3) is 0.0870. The summed E-state index contributed by atoms with van der Waals surface area (Å²) in [6.07, 6.45) is 0. The van der Waals surface area contributed by atoms with Crippen LogP contribution in [0, 0.1) is 0 Å². The van der Waals surface area contributed by atoms with Crippen LogP contribution in [-0.4, -0.2) is 30.6 Å². The number of Topliss-reactive ketones (excluding diaryl/α,β-unsaturated/α-hetero) is 1. The van der Waals surface area contributed by atoms with Gasteiger partial charge in [-0.3, -0.25) is 4.79 Å². The van der Waals surface area contributed by atoms with E-state index in [1.807, 2.05) is 30.3 Å². The first-order chi connectivity index (χ1) is 14.2. The molecular formula is C23H17NO5. The average molecular weight is 387 g/mol. The molecule has 3 aromatic carbocycles. The summed E-state index contributed by atoms with van der Waals surface area (Å²) < 4.78 is 15.7. The Balaban J connectivity index is 1.50. The van der Waals surface area contributed by atoms with Crippen LogP contribution in [0.5, 0.6) is 5.75 Å². The van der Waals surface area contributed by atoms with Crippen molar-refractivity contribution in [1.29, 1.82) is 0 Å². The maximum absolute atomic E-state index is 12.4. The third-order valence-corrected chi connectivity index (χ3v) is 4.49. The highest BCUT2D eigenvalue weighted by molar-refractivity contribution is 6.01. The van der Waals surface area contributed by atoms with Gasteiger partial charge < -0.3 is 14.0 Å². The lowest BCUT2D eigenvalue weighted by Crippen LogP contribution is -2.14. The Labute approximate surface area is 166 Å². The zero-order valence-electron chi connectivity index (χ0n) is 15.6. The van der Waals surface area contributed by atoms with Gasteiger partial charge in [0.1, 0.15) is 11.3 Å². The van der Waals surface area contributed by atoms with Crippen LogP contribution >= 0.6 is 0 Å². The van der Waals surface area contributed by atoms with E-state index in [1.165, 1.54) is 0 Å². The Bertz CT molecular complexity index is 1160. The summed E-state index contributed by atoms with van der Waals surface area (Å²) in [5, 5.41) is 4.73. The van der Waals surface area contributed by atoms with Crippen LogP contribution in [0.1, 0.15) is 20.7 Å². The molecule has 0 N–H and O–H groups in total. The summed E-state index contributed by atoms with van der Waals surface area (Å²) in [6.45, 7) is -0.349. The molecule has 0 radical (unpaired) electrons. The molecule has 0 bridgehead atoms. The third-order valence-electron chi connectivity index (χ3n) is 4.49. The predicted octanol–water partition coefficient (Wildman–Crippen LogP) is 4.54. The third kappa shape index (κ3) is 3.87. The fourth-order valence-electron chi connectivity index (χ4n) is 2.94. The number of nitrogens with zero attached hydrogens (tertiary/aromatic N) is 1. The van der Waals surface area contributed by atoms with Gasteiger partial charge in [0, 0.05) is 11.1 Å². The normalized spacial score (nSPS) is 10.7. The first-order valence-corrected chi connectivity index (χ1v) is 8.95. The number of carbonyl (C=O) groups is 2. The molecule has 0 spiro atoms. The second-order valence-electron chi connectivity index (χ2n) is 6.34. The molecule has 0 aliphatic carbocycles. The van der Waals surface area contributed by atoms with Crippen LogP contribution in [0.15, 0.2) is 77.3 Å². The highest BCUT2D eigenvalue weighted by atomic mass is 16.5. The highest BCUT2D eigenvalue weighted by Crippen LogP contribution is 2.29. The lowest BCUT2D eigenvalue weighted by Gasteiger charge is -2.06. The van der Waals surface area contributed by atoms with Crippen LogP contribution < -0.4 is 4.74 Å². The standard InChI is InChI=1S/C23H17NO5/c1-27-18-10-7-15(8-11-18)21(25)14-28-23(26)17-9-12-20-19(13-17)22(29-24-20)16-5-3-2-4-6-16/h2-13H,14H2,1H3. The number of carbonyl (C=O) groups excluding carboxylic acids is 2. The molecule has 1 aromatic heterocycles. The SMILES string of the molecule is COc1ccc(C(=O)COC(=O)c2ccc3noc(-c4ccccc4)c3c2)cc1. The van der Waals surface area contributed by atoms with Gasteiger partial charge in [0.05, 0.1) is 18.1 Å². The molecule has 29 heavy (non-hydrogen) atoms. The largest absolute Gasteiger partial charge is 0.497 e. The van der Waals surface area contributed by atoms with Crippen molar-refractivity contribution in [2.24, 2.45) is 0 Å². The second kappa shape index (κ2) is 7.98. The number of esters is 1. The van der Waals surface area contributed by atoms with E-state index in [2.05, 4.69) is 5.16 Å². The number of hydrogen-bond donors (Lipinski definition) is 0. The van der Waals surface area contributed by atoms with E-state index in [1.54, 1.807) is 49.6 Å². The number of methoxy groups -OCH3 is 1. The Morgan fingerprint density at radius 2 is 1.66 bits per heavy atom. The van der Waals surface area contributed by atoms with Crippen molar-refractivity contribution in [3.05, 3.63) is 83.9 Å². The fourth-order valence-corrected chi connectivity index (χ4v) is 2.94. The number of aromatic nitrogens is 1. The van der Waals surface area contributed by atoms with E-state index >= 15 is 0 Å². The number of hydrogen-bond acceptors (Lipinski definition) is 6. The Hall–Kier alpha value is -3.93. The van der Waals surface area contributed by atoms with Crippen LogP contribution in [0.25, 0.3) is 22.2 Å². The van der Waals surface area contributed by atoms with E-state index < -0.39 is 5.97 Å². The minimum atomic E-state index is -0.589. The quantitative estimate of drug-likeness (QED) is 0.357. The monoisotopic (exact) mass is 387 g/mol. The molecule has 0 unspecified atom stereocenters. The summed E-state index contributed by atoms with van der Waals surface area (Å²) in [4.78, 5) is 24.7. The molecule has 6 heteroatoms. The molecule has 0 atom stereocenters. The molecule has 0 saturated heterocycles. The molecule has 0 fully saturated rings. The summed E-state index contributed by atoms with van der Waals surface area (Å²) in [5.41, 5.74) is 2.25. The van der Waals surface area contributed by atoms with Crippen molar-refractivity contribution in [2.45, 2.75) is 0 Å². The van der Waals surface area contributed by atoms with Crippen molar-refractivity contribution in [3.8, 4) is 17.1 Å². The molecular weight excluding hydrogens is 370 g/mol. The zero-order valence-corrected chi connectivity index (χ0v) is 15.6. The van der Waals surface area contributed by atoms with E-state index in [0.29, 0.717) is 33.5 Å². The smallest absolute Gasteiger partial charge is 0.338 e. The summed E-state index contributed by atoms with van der Waals surface area (Å²) in [6, 6.07) is 21.1. The van der Waals surface area contributed by atoms with Crippen molar-refractivity contribution in [2.75, 3.05) is 13.7 Å². The Morgan fingerprint density at radius 1 is 0.931 bits per heavy atom. The molecule has 4 rings (SSSR count). The summed E-state index contributed by atoms with van der Waals surface area (Å²) >= 11 is 0. The topological polar surface area (TPSA) is 78.6 Å². The molecule has 6 nitrogen and oxygen atoms in total. The van der Waals surface area contributed by atoms with Crippen LogP contribution in [-0.2, 0) is 4.74 Å². The first kappa shape index (κ1) is 18.4. The number of ketones is 1. The van der Waals surface area contributed by atoms with Gasteiger partial charge in [-0.2, -0.15) is 0 Å². The van der Waals surface area contributed by atoms with E-state index in [0.717, 1.165) is 5.56 Å². The van der Waals surface area contributed by atoms with E-state index in [9.17, 15) is 9.59 Å². The minimum Gasteiger partial charge on any atom is -0.497 e. The Morgan fingerprint density at radius 3 is 2.38 bits per heavy atom. The van der Waals surface area contributed by atoms with Crippen molar-refractivity contribution in [3.63, 3.8) is 0 Å². The van der Waals surface area contributed by atoms with Gasteiger partial charge >= 0.3 is 5.97 Å². The maximum Gasteiger partial charge on any atom is 0.338 e. The Kier molecular flexibility index (Phi) is 5.07. The molecule has 0 aliphatic heterocycles. The molecule has 144 valence electrons. The van der Waals surface area contributed by atoms with E-state index in [4.69, 9.17) is 14.0 Å². The second-order valence-corrected chi connectivity index (χ2v) is 6.34. The number of rotatable bonds is 6. The number of ether oxygens (including phenoxy) is 2. The minimum absolute atomic E-state index is 0.294. The van der Waals surface area contributed by atoms with Gasteiger partial charge in [-0.1, -0.05) is 35.5 Å². The predicted molar refractivity (Wildman–Crippen MR) is 107 cm³/mol. The van der Waals surface area contributed by atoms with E-state index in [-0.39, 0.29) is 12.4 Å². The molecule has 4 aromatic rings. The van der Waals surface area contributed by atoms with Crippen molar-refractivity contribution in [1.82, 2.24) is 5.16 Å². The van der Waals surface area contributed by atoms with Gasteiger partial charge in [0.2, 0.25) is 0 Å². The van der Waals surface area contributed by atoms with Gasteiger partial charge in [0.15, 0.2) is 18.2 Å². The molecule has 1 heterocycles. The van der Waals surface area contributed by atoms with Gasteiger partial charge in [-0.25, -0.2) is 4.79 Å². The van der Waals surface area contributed by atoms with Crippen LogP contribution in [0.4, 0.5) is 0 Å². The van der Waals surface area contributed by atoms with Crippen molar-refractivity contribution < 1.29 is 23.6 Å². The highest BCUT2D eigenvalue weighted by Gasteiger charge is 2.16. The molecule has 0 saturated carbocycles. The number of benzene rings is 3. The van der Waals surface area contributed by atoms with Crippen LogP contribution in [0.2, 0.25) is 0 Å². The molecule has 0 aliphatic rings. The lowest BCUT2D eigenvalue weighted by molar-refractivity contribution is 0.0475. The molecule has 0 amide bonds. The van der Waals surface area contributed by atoms with Gasteiger partial charge in [-0.15, -0.1) is 0 Å². The average Bonchev–Trinajstić information content (AvgIpc) is 3.21. The summed E-state index contributed by atoms with van der Waals surface area (Å²) in [5.74, 6) is 0.338. The maximum atomic E-state index is 12.4. The number of fused-ring (bicyclic) bond motifs is 1. The zero-order chi connectivity index (χ0) is 20.2.